The van der Waals surface area contributed by atoms with Crippen molar-refractivity contribution in [2.75, 3.05) is 6.61 Å². The van der Waals surface area contributed by atoms with Crippen molar-refractivity contribution in [2.24, 2.45) is 0 Å². The molecule has 0 aromatic rings. The monoisotopic (exact) mass is 128 g/mol. The number of ether oxygens (including phenoxy) is 1. The average molecular weight is 128 g/mol. The Morgan fingerprint density at radius 3 is 3.00 bits per heavy atom. The minimum Gasteiger partial charge on any atom is -0.386 e. The Morgan fingerprint density at radius 2 is 2.56 bits per heavy atom. The Balaban J connectivity index is 2.32. The molecule has 0 saturated carbocycles. The van der Waals surface area contributed by atoms with Gasteiger partial charge in [0.1, 0.15) is 0 Å². The smallest absolute Gasteiger partial charge is 0.0980 e. The first-order valence-electron chi connectivity index (χ1n) is 3.27. The Morgan fingerprint density at radius 1 is 1.78 bits per heavy atom. The summed E-state index contributed by atoms with van der Waals surface area (Å²) in [5.74, 6) is 0. The van der Waals surface area contributed by atoms with E-state index in [1.807, 2.05) is 0 Å². The molecule has 1 saturated heterocycles. The fourth-order valence-electron chi connectivity index (χ4n) is 1.02. The summed E-state index contributed by atoms with van der Waals surface area (Å²) in [6.07, 6.45) is 3.11. The molecule has 0 unspecified atom stereocenters. The second kappa shape index (κ2) is 2.99. The third kappa shape index (κ3) is 1.53. The van der Waals surface area contributed by atoms with Gasteiger partial charge >= 0.3 is 0 Å². The van der Waals surface area contributed by atoms with Gasteiger partial charge in [-0.15, -0.1) is 6.58 Å². The van der Waals surface area contributed by atoms with E-state index in [2.05, 4.69) is 6.58 Å². The van der Waals surface area contributed by atoms with Gasteiger partial charge in [-0.25, -0.2) is 0 Å². The molecule has 0 aromatic heterocycles. The highest BCUT2D eigenvalue weighted by molar-refractivity contribution is 4.86. The zero-order valence-electron chi connectivity index (χ0n) is 5.42. The molecule has 0 spiro atoms. The predicted molar refractivity (Wildman–Crippen MR) is 35.2 cm³/mol. The number of hydrogen-bond donors (Lipinski definition) is 1. The molecular formula is C7H12O2. The third-order valence-corrected chi connectivity index (χ3v) is 1.59. The maximum Gasteiger partial charge on any atom is 0.0980 e. The molecule has 1 heterocycles. The zero-order valence-corrected chi connectivity index (χ0v) is 5.42. The van der Waals surface area contributed by atoms with Gasteiger partial charge in [0.15, 0.2) is 0 Å². The van der Waals surface area contributed by atoms with Crippen LogP contribution in [0.4, 0.5) is 0 Å². The molecule has 1 fully saturated rings. The highest BCUT2D eigenvalue weighted by atomic mass is 16.5. The van der Waals surface area contributed by atoms with Crippen molar-refractivity contribution < 1.29 is 9.84 Å². The number of aliphatic hydroxyl groups is 1. The standard InChI is InChI=1S/C7H12O2/c1-2-6(8)7-4-3-5-9-7/h2,6-8H,1,3-5H2/t6-,7-/m0/s1. The van der Waals surface area contributed by atoms with Crippen molar-refractivity contribution in [3.05, 3.63) is 12.7 Å². The minimum absolute atomic E-state index is 0.0162. The molecular weight excluding hydrogens is 116 g/mol. The van der Waals surface area contributed by atoms with Gasteiger partial charge < -0.3 is 9.84 Å². The lowest BCUT2D eigenvalue weighted by atomic mass is 10.1. The molecule has 2 heteroatoms. The van der Waals surface area contributed by atoms with E-state index in [1.165, 1.54) is 6.08 Å². The molecule has 2 nitrogen and oxygen atoms in total. The van der Waals surface area contributed by atoms with E-state index in [0.29, 0.717) is 0 Å². The molecule has 0 radical (unpaired) electrons. The highest BCUT2D eigenvalue weighted by Crippen LogP contribution is 2.15. The second-order valence-electron chi connectivity index (χ2n) is 2.28. The number of rotatable bonds is 2. The van der Waals surface area contributed by atoms with E-state index in [1.54, 1.807) is 0 Å². The summed E-state index contributed by atoms with van der Waals surface area (Å²) < 4.78 is 5.18. The zero-order chi connectivity index (χ0) is 6.69. The second-order valence-corrected chi connectivity index (χ2v) is 2.28. The molecule has 0 bridgehead atoms. The van der Waals surface area contributed by atoms with Crippen molar-refractivity contribution >= 4 is 0 Å². The van der Waals surface area contributed by atoms with Gasteiger partial charge in [0.05, 0.1) is 12.2 Å². The Hall–Kier alpha value is -0.340. The van der Waals surface area contributed by atoms with Crippen LogP contribution in [0.3, 0.4) is 0 Å². The van der Waals surface area contributed by atoms with Crippen LogP contribution in [0.5, 0.6) is 0 Å². The first-order chi connectivity index (χ1) is 4.34. The van der Waals surface area contributed by atoms with Crippen LogP contribution in [0, 0.1) is 0 Å². The van der Waals surface area contributed by atoms with Crippen molar-refractivity contribution in [2.45, 2.75) is 25.0 Å². The van der Waals surface area contributed by atoms with Crippen molar-refractivity contribution in [1.82, 2.24) is 0 Å². The van der Waals surface area contributed by atoms with E-state index in [-0.39, 0.29) is 6.10 Å². The van der Waals surface area contributed by atoms with Crippen LogP contribution in [0.2, 0.25) is 0 Å². The fraction of sp³-hybridized carbons (Fsp3) is 0.714. The summed E-state index contributed by atoms with van der Waals surface area (Å²) in [4.78, 5) is 0. The van der Waals surface area contributed by atoms with Gasteiger partial charge in [-0.3, -0.25) is 0 Å². The Labute approximate surface area is 55.1 Å². The lowest BCUT2D eigenvalue weighted by Gasteiger charge is -2.11. The van der Waals surface area contributed by atoms with Crippen LogP contribution in [-0.4, -0.2) is 23.9 Å². The van der Waals surface area contributed by atoms with Crippen LogP contribution in [0.15, 0.2) is 12.7 Å². The molecule has 52 valence electrons. The lowest BCUT2D eigenvalue weighted by molar-refractivity contribution is 0.0229. The maximum atomic E-state index is 9.11. The minimum atomic E-state index is -0.465. The lowest BCUT2D eigenvalue weighted by Crippen LogP contribution is -2.22. The van der Waals surface area contributed by atoms with E-state index >= 15 is 0 Å². The van der Waals surface area contributed by atoms with E-state index in [4.69, 9.17) is 9.84 Å². The van der Waals surface area contributed by atoms with Crippen LogP contribution in [0.1, 0.15) is 12.8 Å². The van der Waals surface area contributed by atoms with E-state index < -0.39 is 6.10 Å². The maximum absolute atomic E-state index is 9.11. The van der Waals surface area contributed by atoms with E-state index in [0.717, 1.165) is 19.4 Å². The molecule has 1 aliphatic rings. The van der Waals surface area contributed by atoms with Gasteiger partial charge in [0, 0.05) is 6.61 Å². The molecule has 0 aliphatic carbocycles. The normalized spacial score (nSPS) is 30.1. The summed E-state index contributed by atoms with van der Waals surface area (Å²) in [7, 11) is 0. The topological polar surface area (TPSA) is 29.5 Å². The number of aliphatic hydroxyl groups excluding tert-OH is 1. The summed E-state index contributed by atoms with van der Waals surface area (Å²) in [5, 5.41) is 9.11. The highest BCUT2D eigenvalue weighted by Gasteiger charge is 2.20. The summed E-state index contributed by atoms with van der Waals surface area (Å²) >= 11 is 0. The van der Waals surface area contributed by atoms with Crippen molar-refractivity contribution in [1.29, 1.82) is 0 Å². The van der Waals surface area contributed by atoms with Crippen LogP contribution >= 0.6 is 0 Å². The summed E-state index contributed by atoms with van der Waals surface area (Å²) in [5.41, 5.74) is 0. The number of hydrogen-bond acceptors (Lipinski definition) is 2. The molecule has 9 heavy (non-hydrogen) atoms. The Bertz CT molecular complexity index is 95.1. The first-order valence-corrected chi connectivity index (χ1v) is 3.27. The molecule has 1 rings (SSSR count). The Kier molecular flexibility index (Phi) is 2.25. The third-order valence-electron chi connectivity index (χ3n) is 1.59. The first kappa shape index (κ1) is 6.78. The van der Waals surface area contributed by atoms with Gasteiger partial charge in [0.2, 0.25) is 0 Å². The molecule has 1 N–H and O–H groups in total. The van der Waals surface area contributed by atoms with E-state index in [9.17, 15) is 0 Å². The van der Waals surface area contributed by atoms with Crippen molar-refractivity contribution in [3.8, 4) is 0 Å². The van der Waals surface area contributed by atoms with Gasteiger partial charge in [0.25, 0.3) is 0 Å². The molecule has 0 amide bonds. The SMILES string of the molecule is C=C[C@H](O)[C@@H]1CCCO1. The van der Waals surface area contributed by atoms with Crippen LogP contribution in [0.25, 0.3) is 0 Å². The fourth-order valence-corrected chi connectivity index (χ4v) is 1.02. The van der Waals surface area contributed by atoms with Gasteiger partial charge in [-0.2, -0.15) is 0 Å². The molecule has 1 aliphatic heterocycles. The summed E-state index contributed by atoms with van der Waals surface area (Å²) in [6, 6.07) is 0. The summed E-state index contributed by atoms with van der Waals surface area (Å²) in [6.45, 7) is 4.26. The molecule has 2 atom stereocenters. The predicted octanol–water partition coefficient (Wildman–Crippen LogP) is 0.712. The van der Waals surface area contributed by atoms with Gasteiger partial charge in [-0.1, -0.05) is 6.08 Å². The van der Waals surface area contributed by atoms with Crippen LogP contribution in [-0.2, 0) is 4.74 Å². The van der Waals surface area contributed by atoms with Crippen LogP contribution < -0.4 is 0 Å². The largest absolute Gasteiger partial charge is 0.386 e. The molecule has 0 aromatic carbocycles. The quantitative estimate of drug-likeness (QED) is 0.555. The van der Waals surface area contributed by atoms with Gasteiger partial charge in [-0.05, 0) is 12.8 Å². The van der Waals surface area contributed by atoms with Crippen molar-refractivity contribution in [3.63, 3.8) is 0 Å². The average Bonchev–Trinajstić information content (AvgIpc) is 2.37.